The Balaban J connectivity index is 2.06. The van der Waals surface area contributed by atoms with E-state index >= 15 is 0 Å². The first-order chi connectivity index (χ1) is 7.16. The molecule has 1 aromatic carbocycles. The van der Waals surface area contributed by atoms with Crippen molar-refractivity contribution in [1.82, 2.24) is 0 Å². The zero-order valence-electron chi connectivity index (χ0n) is 8.09. The van der Waals surface area contributed by atoms with Crippen LogP contribution in [-0.4, -0.2) is 5.91 Å². The lowest BCUT2D eigenvalue weighted by atomic mass is 9.85. The Labute approximate surface area is 102 Å². The summed E-state index contributed by atoms with van der Waals surface area (Å²) in [5.74, 6) is 0.273. The second kappa shape index (κ2) is 4.54. The molecule has 0 aromatic heterocycles. The third kappa shape index (κ3) is 2.52. The standard InChI is InChI=1S/C11H11BrClNO/c12-8-4-5-10(9(13)6-8)14-11(15)7-2-1-3-7/h4-7H,1-3H2,(H,14,15). The molecule has 1 aromatic rings. The van der Waals surface area contributed by atoms with Gasteiger partial charge in [0.15, 0.2) is 0 Å². The van der Waals surface area contributed by atoms with Crippen LogP contribution in [0.5, 0.6) is 0 Å². The smallest absolute Gasteiger partial charge is 0.227 e. The van der Waals surface area contributed by atoms with Gasteiger partial charge >= 0.3 is 0 Å². The van der Waals surface area contributed by atoms with Crippen molar-refractivity contribution in [3.63, 3.8) is 0 Å². The lowest BCUT2D eigenvalue weighted by Gasteiger charge is -2.24. The summed E-state index contributed by atoms with van der Waals surface area (Å²) in [6.45, 7) is 0. The summed E-state index contributed by atoms with van der Waals surface area (Å²) in [4.78, 5) is 11.7. The van der Waals surface area contributed by atoms with Crippen LogP contribution in [-0.2, 0) is 4.79 Å². The van der Waals surface area contributed by atoms with Gasteiger partial charge in [0.1, 0.15) is 0 Å². The molecule has 1 aliphatic carbocycles. The molecular formula is C11H11BrClNO. The third-order valence-electron chi connectivity index (χ3n) is 2.66. The molecule has 4 heteroatoms. The molecule has 1 saturated carbocycles. The monoisotopic (exact) mass is 287 g/mol. The molecule has 0 bridgehead atoms. The highest BCUT2D eigenvalue weighted by atomic mass is 79.9. The van der Waals surface area contributed by atoms with Gasteiger partial charge in [0.2, 0.25) is 5.91 Å². The Morgan fingerprint density at radius 2 is 2.20 bits per heavy atom. The van der Waals surface area contributed by atoms with Gasteiger partial charge in [-0.3, -0.25) is 4.79 Å². The second-order valence-corrected chi connectivity index (χ2v) is 5.06. The zero-order chi connectivity index (χ0) is 10.8. The van der Waals surface area contributed by atoms with Gasteiger partial charge in [0, 0.05) is 10.4 Å². The van der Waals surface area contributed by atoms with Crippen LogP contribution in [0.25, 0.3) is 0 Å². The van der Waals surface area contributed by atoms with Crippen molar-refractivity contribution in [1.29, 1.82) is 0 Å². The van der Waals surface area contributed by atoms with Crippen molar-refractivity contribution in [3.8, 4) is 0 Å². The Bertz CT molecular complexity index is 390. The molecule has 1 fully saturated rings. The molecule has 1 N–H and O–H groups in total. The Morgan fingerprint density at radius 3 is 2.73 bits per heavy atom. The van der Waals surface area contributed by atoms with Crippen molar-refractivity contribution in [2.75, 3.05) is 5.32 Å². The molecule has 0 saturated heterocycles. The van der Waals surface area contributed by atoms with Crippen LogP contribution < -0.4 is 5.32 Å². The van der Waals surface area contributed by atoms with E-state index in [1.165, 1.54) is 0 Å². The summed E-state index contributed by atoms with van der Waals surface area (Å²) in [5.41, 5.74) is 0.691. The normalized spacial score (nSPS) is 15.9. The van der Waals surface area contributed by atoms with E-state index in [0.717, 1.165) is 23.7 Å². The molecule has 1 amide bonds. The van der Waals surface area contributed by atoms with E-state index in [0.29, 0.717) is 10.7 Å². The van der Waals surface area contributed by atoms with Crippen LogP contribution in [0, 0.1) is 5.92 Å². The minimum Gasteiger partial charge on any atom is -0.325 e. The summed E-state index contributed by atoms with van der Waals surface area (Å²) < 4.78 is 0.911. The molecule has 2 nitrogen and oxygen atoms in total. The van der Waals surface area contributed by atoms with E-state index < -0.39 is 0 Å². The summed E-state index contributed by atoms with van der Waals surface area (Å²) in [6, 6.07) is 5.45. The highest BCUT2D eigenvalue weighted by Crippen LogP contribution is 2.30. The highest BCUT2D eigenvalue weighted by molar-refractivity contribution is 9.10. The van der Waals surface area contributed by atoms with Crippen molar-refractivity contribution in [2.45, 2.75) is 19.3 Å². The molecular weight excluding hydrogens is 277 g/mol. The number of hydrogen-bond acceptors (Lipinski definition) is 1. The van der Waals surface area contributed by atoms with E-state index in [4.69, 9.17) is 11.6 Å². The Morgan fingerprint density at radius 1 is 1.47 bits per heavy atom. The first-order valence-corrected chi connectivity index (χ1v) is 6.10. The van der Waals surface area contributed by atoms with Crippen molar-refractivity contribution in [2.24, 2.45) is 5.92 Å². The van der Waals surface area contributed by atoms with Crippen LogP contribution in [0.1, 0.15) is 19.3 Å². The predicted molar refractivity (Wildman–Crippen MR) is 65.1 cm³/mol. The van der Waals surface area contributed by atoms with Crippen LogP contribution in [0.4, 0.5) is 5.69 Å². The van der Waals surface area contributed by atoms with Gasteiger partial charge in [0.05, 0.1) is 10.7 Å². The van der Waals surface area contributed by atoms with Crippen LogP contribution >= 0.6 is 27.5 Å². The maximum absolute atomic E-state index is 11.7. The molecule has 0 heterocycles. The number of anilines is 1. The summed E-state index contributed by atoms with van der Waals surface area (Å²) in [5, 5.41) is 3.41. The minimum absolute atomic E-state index is 0.0884. The van der Waals surface area contributed by atoms with Gasteiger partial charge < -0.3 is 5.32 Å². The van der Waals surface area contributed by atoms with Gasteiger partial charge in [-0.15, -0.1) is 0 Å². The van der Waals surface area contributed by atoms with E-state index in [1.807, 2.05) is 12.1 Å². The number of hydrogen-bond donors (Lipinski definition) is 1. The van der Waals surface area contributed by atoms with Crippen molar-refractivity contribution < 1.29 is 4.79 Å². The van der Waals surface area contributed by atoms with Gasteiger partial charge in [-0.05, 0) is 31.0 Å². The molecule has 0 spiro atoms. The number of nitrogens with one attached hydrogen (secondary N) is 1. The van der Waals surface area contributed by atoms with E-state index in [2.05, 4.69) is 21.2 Å². The first-order valence-electron chi connectivity index (χ1n) is 4.93. The molecule has 80 valence electrons. The number of rotatable bonds is 2. The number of amides is 1. The lowest BCUT2D eigenvalue weighted by molar-refractivity contribution is -0.122. The largest absolute Gasteiger partial charge is 0.325 e. The van der Waals surface area contributed by atoms with Crippen molar-refractivity contribution >= 4 is 39.1 Å². The fourth-order valence-corrected chi connectivity index (χ4v) is 2.22. The fraction of sp³-hybridized carbons (Fsp3) is 0.364. The number of carbonyl (C=O) groups excluding carboxylic acids is 1. The molecule has 0 atom stereocenters. The SMILES string of the molecule is O=C(Nc1ccc(Br)cc1Cl)C1CCC1. The van der Waals surface area contributed by atoms with Crippen LogP contribution in [0.3, 0.4) is 0 Å². The summed E-state index contributed by atoms with van der Waals surface area (Å²) in [7, 11) is 0. The third-order valence-corrected chi connectivity index (χ3v) is 3.47. The van der Waals surface area contributed by atoms with Crippen LogP contribution in [0.15, 0.2) is 22.7 Å². The van der Waals surface area contributed by atoms with E-state index in [-0.39, 0.29) is 11.8 Å². The quantitative estimate of drug-likeness (QED) is 0.880. The highest BCUT2D eigenvalue weighted by Gasteiger charge is 2.25. The Hall–Kier alpha value is -0.540. The van der Waals surface area contributed by atoms with Crippen LogP contribution in [0.2, 0.25) is 5.02 Å². The first kappa shape index (κ1) is 11.0. The number of carbonyl (C=O) groups is 1. The topological polar surface area (TPSA) is 29.1 Å². The predicted octanol–water partition coefficient (Wildman–Crippen LogP) is 3.84. The number of halogens is 2. The minimum atomic E-state index is 0.0884. The van der Waals surface area contributed by atoms with E-state index in [9.17, 15) is 4.79 Å². The van der Waals surface area contributed by atoms with Gasteiger partial charge in [-0.2, -0.15) is 0 Å². The average Bonchev–Trinajstić information content (AvgIpc) is 2.07. The number of benzene rings is 1. The van der Waals surface area contributed by atoms with Crippen molar-refractivity contribution in [3.05, 3.63) is 27.7 Å². The summed E-state index contributed by atoms with van der Waals surface area (Å²) in [6.07, 6.45) is 3.16. The molecule has 0 aliphatic heterocycles. The molecule has 2 rings (SSSR count). The van der Waals surface area contributed by atoms with Gasteiger partial charge in [0.25, 0.3) is 0 Å². The molecule has 1 aliphatic rings. The lowest BCUT2D eigenvalue weighted by Crippen LogP contribution is -2.28. The summed E-state index contributed by atoms with van der Waals surface area (Å²) >= 11 is 9.31. The molecule has 0 radical (unpaired) electrons. The zero-order valence-corrected chi connectivity index (χ0v) is 10.4. The van der Waals surface area contributed by atoms with Gasteiger partial charge in [-0.1, -0.05) is 34.0 Å². The second-order valence-electron chi connectivity index (χ2n) is 3.74. The average molecular weight is 289 g/mol. The van der Waals surface area contributed by atoms with E-state index in [1.54, 1.807) is 6.07 Å². The maximum Gasteiger partial charge on any atom is 0.227 e. The van der Waals surface area contributed by atoms with Gasteiger partial charge in [-0.25, -0.2) is 0 Å². The fourth-order valence-electron chi connectivity index (χ4n) is 1.50. The maximum atomic E-state index is 11.7. The molecule has 0 unspecified atom stereocenters. The Kier molecular flexibility index (Phi) is 3.32. The molecule has 15 heavy (non-hydrogen) atoms.